The fourth-order valence-electron chi connectivity index (χ4n) is 4.34. The zero-order chi connectivity index (χ0) is 27.8. The minimum absolute atomic E-state index is 0.164. The Morgan fingerprint density at radius 2 is 1.85 bits per heavy atom. The third-order valence-corrected chi connectivity index (χ3v) is 6.63. The predicted octanol–water partition coefficient (Wildman–Crippen LogP) is 4.01. The second-order valence-electron chi connectivity index (χ2n) is 9.10. The van der Waals surface area contributed by atoms with Crippen molar-refractivity contribution in [3.8, 4) is 17.0 Å². The highest BCUT2D eigenvalue weighted by Crippen LogP contribution is 2.33. The van der Waals surface area contributed by atoms with Gasteiger partial charge >= 0.3 is 5.97 Å². The van der Waals surface area contributed by atoms with E-state index in [2.05, 4.69) is 15.0 Å². The third-order valence-electron chi connectivity index (χ3n) is 6.03. The molecule has 0 bridgehead atoms. The number of aliphatic hydroxyl groups excluding tert-OH is 1. The summed E-state index contributed by atoms with van der Waals surface area (Å²) in [4.78, 5) is 15.7. The Morgan fingerprint density at radius 3 is 2.59 bits per heavy atom. The van der Waals surface area contributed by atoms with Gasteiger partial charge in [-0.1, -0.05) is 42.5 Å². The van der Waals surface area contributed by atoms with Crippen LogP contribution in [-0.2, 0) is 26.0 Å². The van der Waals surface area contributed by atoms with Gasteiger partial charge in [-0.15, -0.1) is 0 Å². The molecular weight excluding hydrogens is 518 g/mol. The van der Waals surface area contributed by atoms with Crippen molar-refractivity contribution in [3.63, 3.8) is 0 Å². The number of sulfonamides is 1. The van der Waals surface area contributed by atoms with E-state index in [0.717, 1.165) is 34.0 Å². The Labute approximate surface area is 228 Å². The Morgan fingerprint density at radius 1 is 1.05 bits per heavy atom. The van der Waals surface area contributed by atoms with E-state index in [9.17, 15) is 18.3 Å². The molecule has 1 aromatic heterocycles. The molecule has 0 unspecified atom stereocenters. The van der Waals surface area contributed by atoms with E-state index in [1.807, 2.05) is 48.5 Å². The van der Waals surface area contributed by atoms with Gasteiger partial charge in [-0.3, -0.25) is 9.52 Å². The number of aliphatic hydroxyl groups is 1. The number of anilines is 1. The van der Waals surface area contributed by atoms with Crippen molar-refractivity contribution in [3.05, 3.63) is 83.9 Å². The number of esters is 1. The number of carbonyl (C=O) groups is 1. The summed E-state index contributed by atoms with van der Waals surface area (Å²) in [6.07, 6.45) is 0.434. The molecule has 4 aromatic rings. The molecule has 0 amide bonds. The van der Waals surface area contributed by atoms with Gasteiger partial charge in [0.15, 0.2) is 0 Å². The largest absolute Gasteiger partial charge is 0.492 e. The third kappa shape index (κ3) is 7.82. The monoisotopic (exact) mass is 551 g/mol. The molecule has 4 N–H and O–H groups in total. The fourth-order valence-corrected chi connectivity index (χ4v) is 4.89. The lowest BCUT2D eigenvalue weighted by Crippen LogP contribution is -2.26. The number of aromatic nitrogens is 1. The highest BCUT2D eigenvalue weighted by Gasteiger charge is 2.17. The van der Waals surface area contributed by atoms with Crippen molar-refractivity contribution in [1.82, 2.24) is 10.3 Å². The molecule has 10 heteroatoms. The van der Waals surface area contributed by atoms with Gasteiger partial charge in [-0.2, -0.15) is 0 Å². The Kier molecular flexibility index (Phi) is 9.23. The summed E-state index contributed by atoms with van der Waals surface area (Å²) in [5.74, 6) is 0.399. The van der Waals surface area contributed by atoms with Crippen LogP contribution in [0.5, 0.6) is 5.75 Å². The van der Waals surface area contributed by atoms with E-state index < -0.39 is 16.1 Å². The quantitative estimate of drug-likeness (QED) is 0.146. The van der Waals surface area contributed by atoms with E-state index in [1.165, 1.54) is 0 Å². The summed E-state index contributed by atoms with van der Waals surface area (Å²) in [5, 5.41) is 14.6. The first kappa shape index (κ1) is 28.2. The first-order valence-electron chi connectivity index (χ1n) is 12.7. The summed E-state index contributed by atoms with van der Waals surface area (Å²) in [6.45, 7) is 3.26. The number of fused-ring (bicyclic) bond motifs is 1. The number of ether oxygens (including phenoxy) is 2. The van der Waals surface area contributed by atoms with Crippen molar-refractivity contribution in [2.24, 2.45) is 0 Å². The van der Waals surface area contributed by atoms with Crippen LogP contribution >= 0.6 is 0 Å². The normalized spacial score (nSPS) is 12.3. The van der Waals surface area contributed by atoms with E-state index >= 15 is 0 Å². The topological polar surface area (TPSA) is 130 Å². The van der Waals surface area contributed by atoms with Crippen LogP contribution in [0.25, 0.3) is 22.2 Å². The number of H-pyrrole nitrogens is 1. The number of hydrogen-bond acceptors (Lipinski definition) is 7. The second kappa shape index (κ2) is 12.8. The average molecular weight is 552 g/mol. The molecule has 0 aliphatic heterocycles. The fraction of sp³-hybridized carbons (Fsp3) is 0.276. The standard InChI is InChI=1S/C29H33N3O6S/c1-3-37-28(34)18-25-24-13-12-23(17-26(24)31-29(25)20-8-5-4-6-9-20)38-15-14-30-19-27(33)21-10-7-11-22(16-21)32-39(2,35)36/h4-13,16-17,27,30-33H,3,14-15,18-19H2,1-2H3/t27-/m0/s1. The van der Waals surface area contributed by atoms with Crippen LogP contribution < -0.4 is 14.8 Å². The van der Waals surface area contributed by atoms with E-state index in [-0.39, 0.29) is 18.9 Å². The number of rotatable bonds is 13. The Bertz CT molecular complexity index is 1520. The molecule has 0 aliphatic carbocycles. The maximum Gasteiger partial charge on any atom is 0.310 e. The molecule has 1 heterocycles. The smallest absolute Gasteiger partial charge is 0.310 e. The molecule has 0 radical (unpaired) electrons. The molecule has 4 rings (SSSR count). The molecular formula is C29H33N3O6S. The van der Waals surface area contributed by atoms with Gasteiger partial charge in [0, 0.05) is 35.7 Å². The van der Waals surface area contributed by atoms with Crippen LogP contribution in [0.2, 0.25) is 0 Å². The van der Waals surface area contributed by atoms with Crippen molar-refractivity contribution < 1.29 is 27.8 Å². The number of nitrogens with one attached hydrogen (secondary N) is 3. The zero-order valence-corrected chi connectivity index (χ0v) is 22.8. The van der Waals surface area contributed by atoms with Gasteiger partial charge in [0.05, 0.1) is 31.1 Å². The van der Waals surface area contributed by atoms with Crippen molar-refractivity contribution >= 4 is 32.6 Å². The van der Waals surface area contributed by atoms with Crippen molar-refractivity contribution in [2.45, 2.75) is 19.4 Å². The number of aromatic amines is 1. The molecule has 1 atom stereocenters. The molecule has 0 fully saturated rings. The minimum atomic E-state index is -3.39. The van der Waals surface area contributed by atoms with E-state index in [4.69, 9.17) is 9.47 Å². The van der Waals surface area contributed by atoms with Crippen molar-refractivity contribution in [1.29, 1.82) is 0 Å². The first-order valence-corrected chi connectivity index (χ1v) is 14.6. The lowest BCUT2D eigenvalue weighted by Gasteiger charge is -2.14. The van der Waals surface area contributed by atoms with Gasteiger partial charge in [0.25, 0.3) is 0 Å². The number of benzene rings is 3. The van der Waals surface area contributed by atoms with Gasteiger partial charge in [0.2, 0.25) is 10.0 Å². The molecule has 3 aromatic carbocycles. The van der Waals surface area contributed by atoms with Gasteiger partial charge in [-0.25, -0.2) is 8.42 Å². The molecule has 0 saturated heterocycles. The molecule has 0 aliphatic rings. The molecule has 0 saturated carbocycles. The van der Waals surface area contributed by atoms with Gasteiger partial charge < -0.3 is 24.9 Å². The molecule has 39 heavy (non-hydrogen) atoms. The maximum absolute atomic E-state index is 12.3. The summed E-state index contributed by atoms with van der Waals surface area (Å²) in [5.41, 5.74) is 4.60. The number of hydrogen-bond donors (Lipinski definition) is 4. The lowest BCUT2D eigenvalue weighted by atomic mass is 10.0. The SMILES string of the molecule is CCOC(=O)Cc1c(-c2ccccc2)[nH]c2cc(OCCNC[C@H](O)c3cccc(NS(C)(=O)=O)c3)ccc12. The van der Waals surface area contributed by atoms with E-state index in [0.29, 0.717) is 36.8 Å². The summed E-state index contributed by atoms with van der Waals surface area (Å²) < 4.78 is 36.4. The van der Waals surface area contributed by atoms with Crippen LogP contribution in [0.4, 0.5) is 5.69 Å². The van der Waals surface area contributed by atoms with Crippen molar-refractivity contribution in [2.75, 3.05) is 37.3 Å². The highest BCUT2D eigenvalue weighted by atomic mass is 32.2. The molecule has 206 valence electrons. The second-order valence-corrected chi connectivity index (χ2v) is 10.9. The van der Waals surface area contributed by atoms with Crippen LogP contribution in [0.1, 0.15) is 24.2 Å². The highest BCUT2D eigenvalue weighted by molar-refractivity contribution is 7.92. The van der Waals surface area contributed by atoms with E-state index in [1.54, 1.807) is 31.2 Å². The Hall–Kier alpha value is -3.86. The summed E-state index contributed by atoms with van der Waals surface area (Å²) in [7, 11) is -3.39. The van der Waals surface area contributed by atoms with Crippen LogP contribution in [-0.4, -0.2) is 57.0 Å². The van der Waals surface area contributed by atoms with Crippen LogP contribution in [0, 0.1) is 0 Å². The summed E-state index contributed by atoms with van der Waals surface area (Å²) in [6, 6.07) is 22.2. The van der Waals surface area contributed by atoms with Gasteiger partial charge in [-0.05, 0) is 47.9 Å². The predicted molar refractivity (Wildman–Crippen MR) is 152 cm³/mol. The van der Waals surface area contributed by atoms with Gasteiger partial charge in [0.1, 0.15) is 12.4 Å². The minimum Gasteiger partial charge on any atom is -0.492 e. The average Bonchev–Trinajstić information content (AvgIpc) is 3.25. The molecule has 0 spiro atoms. The lowest BCUT2D eigenvalue weighted by molar-refractivity contribution is -0.142. The number of carbonyl (C=O) groups excluding carboxylic acids is 1. The maximum atomic E-state index is 12.3. The van der Waals surface area contributed by atoms with Crippen LogP contribution in [0.15, 0.2) is 72.8 Å². The van der Waals surface area contributed by atoms with Crippen LogP contribution in [0.3, 0.4) is 0 Å². The zero-order valence-electron chi connectivity index (χ0n) is 21.9. The summed E-state index contributed by atoms with van der Waals surface area (Å²) >= 11 is 0. The molecule has 9 nitrogen and oxygen atoms in total. The first-order chi connectivity index (χ1) is 18.7. The Balaban J connectivity index is 1.36.